The second-order valence-corrected chi connectivity index (χ2v) is 10.6. The SMILES string of the molecule is CC(/C=C(\C)CN1CC=C(c2c(C)cc(C(=O)N(C)C)cc2C)CC1)=C(\C=C/N(C)C)c1ccc(N)nn1. The zero-order valence-electron chi connectivity index (χ0n) is 24.2. The molecule has 0 saturated carbocycles. The molecule has 7 nitrogen and oxygen atoms in total. The van der Waals surface area contributed by atoms with Crippen molar-refractivity contribution in [2.45, 2.75) is 34.1 Å². The first-order valence-corrected chi connectivity index (χ1v) is 13.0. The Kier molecular flexibility index (Phi) is 9.64. The zero-order valence-corrected chi connectivity index (χ0v) is 24.2. The van der Waals surface area contributed by atoms with E-state index in [1.807, 2.05) is 43.4 Å². The summed E-state index contributed by atoms with van der Waals surface area (Å²) in [6, 6.07) is 7.74. The van der Waals surface area contributed by atoms with Crippen molar-refractivity contribution in [2.24, 2.45) is 0 Å². The molecule has 2 N–H and O–H groups in total. The molecule has 1 aliphatic heterocycles. The topological polar surface area (TPSA) is 78.6 Å². The van der Waals surface area contributed by atoms with Gasteiger partial charge in [-0.3, -0.25) is 9.69 Å². The number of amides is 1. The van der Waals surface area contributed by atoms with E-state index in [0.29, 0.717) is 5.82 Å². The molecule has 3 rings (SSSR count). The lowest BCUT2D eigenvalue weighted by Crippen LogP contribution is -2.30. The lowest BCUT2D eigenvalue weighted by molar-refractivity contribution is 0.0827. The predicted octanol–water partition coefficient (Wildman–Crippen LogP) is 4.96. The molecule has 0 atom stereocenters. The highest BCUT2D eigenvalue weighted by molar-refractivity contribution is 5.95. The Morgan fingerprint density at radius 2 is 1.76 bits per heavy atom. The van der Waals surface area contributed by atoms with Crippen LogP contribution in [0.25, 0.3) is 11.1 Å². The smallest absolute Gasteiger partial charge is 0.253 e. The van der Waals surface area contributed by atoms with Crippen molar-refractivity contribution in [3.8, 4) is 0 Å². The molecular formula is C31H42N6O. The first kappa shape index (κ1) is 28.9. The van der Waals surface area contributed by atoms with Gasteiger partial charge in [-0.25, -0.2) is 0 Å². The van der Waals surface area contributed by atoms with Gasteiger partial charge in [0.1, 0.15) is 5.82 Å². The third-order valence-electron chi connectivity index (χ3n) is 6.66. The monoisotopic (exact) mass is 514 g/mol. The van der Waals surface area contributed by atoms with Crippen molar-refractivity contribution in [1.29, 1.82) is 0 Å². The van der Waals surface area contributed by atoms with E-state index in [0.717, 1.165) is 59.6 Å². The minimum atomic E-state index is 0.0435. The van der Waals surface area contributed by atoms with Crippen LogP contribution in [0.4, 0.5) is 5.82 Å². The molecule has 0 aliphatic carbocycles. The molecule has 0 fully saturated rings. The molecule has 0 saturated heterocycles. The van der Waals surface area contributed by atoms with E-state index in [-0.39, 0.29) is 5.91 Å². The summed E-state index contributed by atoms with van der Waals surface area (Å²) in [4.78, 5) is 18.5. The van der Waals surface area contributed by atoms with Gasteiger partial charge in [-0.15, -0.1) is 10.2 Å². The van der Waals surface area contributed by atoms with Crippen molar-refractivity contribution < 1.29 is 4.79 Å². The Bertz CT molecular complexity index is 1260. The Morgan fingerprint density at radius 3 is 2.29 bits per heavy atom. The van der Waals surface area contributed by atoms with Crippen LogP contribution >= 0.6 is 0 Å². The Morgan fingerprint density at radius 1 is 1.08 bits per heavy atom. The molecule has 38 heavy (non-hydrogen) atoms. The summed E-state index contributed by atoms with van der Waals surface area (Å²) >= 11 is 0. The van der Waals surface area contributed by atoms with Crippen LogP contribution in [0.3, 0.4) is 0 Å². The number of carbonyl (C=O) groups is 1. The Hall–Kier alpha value is -3.71. The number of allylic oxidation sites excluding steroid dienone is 4. The molecule has 0 bridgehead atoms. The first-order valence-electron chi connectivity index (χ1n) is 13.0. The second-order valence-electron chi connectivity index (χ2n) is 10.6. The van der Waals surface area contributed by atoms with Crippen LogP contribution in [-0.2, 0) is 0 Å². The third-order valence-corrected chi connectivity index (χ3v) is 6.66. The van der Waals surface area contributed by atoms with Crippen molar-refractivity contribution in [2.75, 3.05) is 53.6 Å². The summed E-state index contributed by atoms with van der Waals surface area (Å²) in [5, 5.41) is 8.34. The van der Waals surface area contributed by atoms with Gasteiger partial charge in [-0.2, -0.15) is 0 Å². The summed E-state index contributed by atoms with van der Waals surface area (Å²) in [7, 11) is 7.58. The van der Waals surface area contributed by atoms with Crippen LogP contribution in [0, 0.1) is 13.8 Å². The maximum Gasteiger partial charge on any atom is 0.253 e. The predicted molar refractivity (Wildman–Crippen MR) is 159 cm³/mol. The summed E-state index contributed by atoms with van der Waals surface area (Å²) < 4.78 is 0. The lowest BCUT2D eigenvalue weighted by atomic mass is 9.90. The van der Waals surface area contributed by atoms with Crippen LogP contribution in [0.2, 0.25) is 0 Å². The van der Waals surface area contributed by atoms with Gasteiger partial charge in [0, 0.05) is 59.0 Å². The summed E-state index contributed by atoms with van der Waals surface area (Å²) in [5.74, 6) is 0.455. The summed E-state index contributed by atoms with van der Waals surface area (Å²) in [5.41, 5.74) is 15.7. The van der Waals surface area contributed by atoms with Crippen LogP contribution in [0.5, 0.6) is 0 Å². The minimum absolute atomic E-state index is 0.0435. The van der Waals surface area contributed by atoms with Crippen LogP contribution < -0.4 is 5.73 Å². The van der Waals surface area contributed by atoms with Crippen molar-refractivity contribution in [3.05, 3.63) is 87.8 Å². The van der Waals surface area contributed by atoms with E-state index in [1.54, 1.807) is 25.1 Å². The van der Waals surface area contributed by atoms with Gasteiger partial charge in [0.05, 0.1) is 5.69 Å². The molecule has 202 valence electrons. The van der Waals surface area contributed by atoms with Crippen molar-refractivity contribution in [1.82, 2.24) is 24.9 Å². The molecule has 1 amide bonds. The van der Waals surface area contributed by atoms with E-state index < -0.39 is 0 Å². The number of aromatic nitrogens is 2. The molecule has 0 radical (unpaired) electrons. The third kappa shape index (κ3) is 7.42. The fraction of sp³-hybridized carbons (Fsp3) is 0.387. The average Bonchev–Trinajstić information content (AvgIpc) is 2.85. The number of nitrogen functional groups attached to an aromatic ring is 1. The molecule has 2 aromatic rings. The average molecular weight is 515 g/mol. The largest absolute Gasteiger partial charge is 0.383 e. The van der Waals surface area contributed by atoms with Crippen molar-refractivity contribution >= 4 is 22.9 Å². The van der Waals surface area contributed by atoms with Gasteiger partial charge in [-0.05, 0) is 98.5 Å². The van der Waals surface area contributed by atoms with Gasteiger partial charge < -0.3 is 15.5 Å². The standard InChI is InChI=1S/C31H42N6O/c1-21(17-22(2)27(13-14-35(5)6)28-9-10-29(32)34-33-28)20-37-15-11-25(12-16-37)30-23(3)18-26(19-24(30)4)31(38)36(7)8/h9-11,13-14,17-19H,12,15-16,20H2,1-8H3,(H2,32,34)/b14-13-,21-17+,27-22-. The summed E-state index contributed by atoms with van der Waals surface area (Å²) in [6.07, 6.45) is 9.66. The molecule has 1 aromatic heterocycles. The number of hydrogen-bond donors (Lipinski definition) is 1. The van der Waals surface area contributed by atoms with Gasteiger partial charge >= 0.3 is 0 Å². The number of rotatable bonds is 8. The lowest BCUT2D eigenvalue weighted by Gasteiger charge is -2.28. The van der Waals surface area contributed by atoms with Gasteiger partial charge in [0.2, 0.25) is 0 Å². The highest BCUT2D eigenvalue weighted by Crippen LogP contribution is 2.30. The second kappa shape index (κ2) is 12.7. The molecular weight excluding hydrogens is 472 g/mol. The van der Waals surface area contributed by atoms with E-state index >= 15 is 0 Å². The molecule has 0 unspecified atom stereocenters. The molecule has 1 aromatic carbocycles. The number of nitrogens with zero attached hydrogens (tertiary/aromatic N) is 5. The van der Waals surface area contributed by atoms with Crippen molar-refractivity contribution in [3.63, 3.8) is 0 Å². The number of anilines is 1. The number of aryl methyl sites for hydroxylation is 2. The fourth-order valence-corrected chi connectivity index (χ4v) is 4.91. The maximum atomic E-state index is 12.4. The molecule has 0 spiro atoms. The Balaban J connectivity index is 1.77. The Labute approximate surface area is 228 Å². The first-order chi connectivity index (χ1) is 18.0. The van der Waals surface area contributed by atoms with Crippen LogP contribution in [-0.4, -0.2) is 78.6 Å². The van der Waals surface area contributed by atoms with E-state index in [9.17, 15) is 4.79 Å². The number of hydrogen-bond acceptors (Lipinski definition) is 6. The normalized spacial score (nSPS) is 15.4. The highest BCUT2D eigenvalue weighted by atomic mass is 16.2. The quantitative estimate of drug-likeness (QED) is 0.502. The maximum absolute atomic E-state index is 12.4. The van der Waals surface area contributed by atoms with E-state index in [4.69, 9.17) is 5.73 Å². The van der Waals surface area contributed by atoms with Gasteiger partial charge in [0.25, 0.3) is 5.91 Å². The molecule has 2 heterocycles. The zero-order chi connectivity index (χ0) is 28.0. The summed E-state index contributed by atoms with van der Waals surface area (Å²) in [6.45, 7) is 11.3. The number of carbonyl (C=O) groups excluding carboxylic acids is 1. The molecule has 1 aliphatic rings. The fourth-order valence-electron chi connectivity index (χ4n) is 4.91. The van der Waals surface area contributed by atoms with Gasteiger partial charge in [-0.1, -0.05) is 17.7 Å². The minimum Gasteiger partial charge on any atom is -0.383 e. The van der Waals surface area contributed by atoms with Crippen LogP contribution in [0.15, 0.2) is 59.8 Å². The van der Waals surface area contributed by atoms with Crippen LogP contribution in [0.1, 0.15) is 53.0 Å². The van der Waals surface area contributed by atoms with Gasteiger partial charge in [0.15, 0.2) is 0 Å². The highest BCUT2D eigenvalue weighted by Gasteiger charge is 2.18. The number of benzene rings is 1. The van der Waals surface area contributed by atoms with E-state index in [1.165, 1.54) is 16.7 Å². The number of nitrogens with two attached hydrogens (primary N) is 1. The van der Waals surface area contributed by atoms with E-state index in [2.05, 4.69) is 61.0 Å². The molecule has 7 heteroatoms.